The van der Waals surface area contributed by atoms with Crippen LogP contribution in [0.25, 0.3) is 0 Å². The molecule has 1 aromatic carbocycles. The number of benzene rings is 1. The summed E-state index contributed by atoms with van der Waals surface area (Å²) in [7, 11) is -3.40. The minimum absolute atomic E-state index is 0.155. The van der Waals surface area contributed by atoms with Crippen LogP contribution in [0.15, 0.2) is 39.9 Å². The van der Waals surface area contributed by atoms with E-state index < -0.39 is 10.0 Å². The standard InChI is InChI=1S/C15H17NO3S2/c1-11(16-21(17,18)15-3-2-8-20-15)9-12-4-5-14-13(10-12)6-7-19-14/h2-5,8,10-11,16H,6-7,9H2,1H3. The van der Waals surface area contributed by atoms with E-state index in [0.29, 0.717) is 10.6 Å². The van der Waals surface area contributed by atoms with Gasteiger partial charge in [0.05, 0.1) is 6.61 Å². The van der Waals surface area contributed by atoms with Gasteiger partial charge in [-0.15, -0.1) is 11.3 Å². The Labute approximate surface area is 128 Å². The van der Waals surface area contributed by atoms with Gasteiger partial charge in [-0.25, -0.2) is 13.1 Å². The fourth-order valence-corrected chi connectivity index (χ4v) is 4.75. The van der Waals surface area contributed by atoms with Crippen LogP contribution in [0.4, 0.5) is 0 Å². The molecule has 0 amide bonds. The molecule has 0 aliphatic carbocycles. The summed E-state index contributed by atoms with van der Waals surface area (Å²) in [4.78, 5) is 0. The van der Waals surface area contributed by atoms with E-state index in [1.165, 1.54) is 16.9 Å². The summed E-state index contributed by atoms with van der Waals surface area (Å²) in [6, 6.07) is 9.28. The van der Waals surface area contributed by atoms with E-state index in [1.54, 1.807) is 17.5 Å². The van der Waals surface area contributed by atoms with Crippen LogP contribution in [-0.4, -0.2) is 21.1 Å². The molecular weight excluding hydrogens is 306 g/mol. The number of hydrogen-bond acceptors (Lipinski definition) is 4. The van der Waals surface area contributed by atoms with Crippen molar-refractivity contribution in [1.82, 2.24) is 4.72 Å². The molecule has 2 aromatic rings. The third kappa shape index (κ3) is 3.28. The molecule has 0 saturated carbocycles. The molecule has 0 radical (unpaired) electrons. The molecule has 6 heteroatoms. The van der Waals surface area contributed by atoms with Gasteiger partial charge in [0.15, 0.2) is 0 Å². The van der Waals surface area contributed by atoms with Gasteiger partial charge in [-0.3, -0.25) is 0 Å². The van der Waals surface area contributed by atoms with Crippen LogP contribution in [0.3, 0.4) is 0 Å². The van der Waals surface area contributed by atoms with Crippen molar-refractivity contribution in [3.8, 4) is 5.75 Å². The molecule has 1 aliphatic heterocycles. The third-order valence-corrected chi connectivity index (χ3v) is 6.40. The molecule has 1 aliphatic rings. The van der Waals surface area contributed by atoms with Crippen molar-refractivity contribution in [2.24, 2.45) is 0 Å². The lowest BCUT2D eigenvalue weighted by Crippen LogP contribution is -2.33. The second kappa shape index (κ2) is 5.79. The van der Waals surface area contributed by atoms with Crippen molar-refractivity contribution in [1.29, 1.82) is 0 Å². The highest BCUT2D eigenvalue weighted by atomic mass is 32.2. The minimum Gasteiger partial charge on any atom is -0.493 e. The Bertz CT molecular complexity index is 723. The summed E-state index contributed by atoms with van der Waals surface area (Å²) in [5.41, 5.74) is 2.33. The van der Waals surface area contributed by atoms with Crippen molar-refractivity contribution in [3.05, 3.63) is 46.8 Å². The SMILES string of the molecule is CC(Cc1ccc2c(c1)CCO2)NS(=O)(=O)c1cccs1. The van der Waals surface area contributed by atoms with Crippen LogP contribution in [-0.2, 0) is 22.9 Å². The van der Waals surface area contributed by atoms with Crippen molar-refractivity contribution in [2.45, 2.75) is 30.0 Å². The zero-order chi connectivity index (χ0) is 14.9. The summed E-state index contributed by atoms with van der Waals surface area (Å²) in [5.74, 6) is 0.950. The van der Waals surface area contributed by atoms with Crippen molar-refractivity contribution in [2.75, 3.05) is 6.61 Å². The lowest BCUT2D eigenvalue weighted by molar-refractivity contribution is 0.357. The van der Waals surface area contributed by atoms with Crippen molar-refractivity contribution >= 4 is 21.4 Å². The predicted molar refractivity (Wildman–Crippen MR) is 83.4 cm³/mol. The van der Waals surface area contributed by atoms with E-state index in [2.05, 4.69) is 10.8 Å². The molecule has 0 saturated heterocycles. The normalized spacial score (nSPS) is 15.5. The molecule has 0 bridgehead atoms. The molecule has 1 N–H and O–H groups in total. The summed E-state index contributed by atoms with van der Waals surface area (Å²) < 4.78 is 32.9. The number of ether oxygens (including phenoxy) is 1. The van der Waals surface area contributed by atoms with Gasteiger partial charge in [-0.1, -0.05) is 18.2 Å². The van der Waals surface area contributed by atoms with E-state index in [0.717, 1.165) is 24.3 Å². The van der Waals surface area contributed by atoms with Crippen LogP contribution in [0, 0.1) is 0 Å². The van der Waals surface area contributed by atoms with Crippen LogP contribution in [0.2, 0.25) is 0 Å². The number of sulfonamides is 1. The zero-order valence-corrected chi connectivity index (χ0v) is 13.3. The summed E-state index contributed by atoms with van der Waals surface area (Å²) in [5, 5.41) is 1.76. The first kappa shape index (κ1) is 14.6. The summed E-state index contributed by atoms with van der Waals surface area (Å²) in [6.45, 7) is 2.62. The zero-order valence-electron chi connectivity index (χ0n) is 11.7. The van der Waals surface area contributed by atoms with Gasteiger partial charge in [0.1, 0.15) is 9.96 Å². The van der Waals surface area contributed by atoms with Crippen LogP contribution in [0.5, 0.6) is 5.75 Å². The second-order valence-corrected chi connectivity index (χ2v) is 8.09. The monoisotopic (exact) mass is 323 g/mol. The Balaban J connectivity index is 1.68. The highest BCUT2D eigenvalue weighted by Gasteiger charge is 2.19. The smallest absolute Gasteiger partial charge is 0.250 e. The Morgan fingerprint density at radius 1 is 1.38 bits per heavy atom. The molecule has 1 atom stereocenters. The van der Waals surface area contributed by atoms with E-state index >= 15 is 0 Å². The first-order valence-electron chi connectivity index (χ1n) is 6.85. The van der Waals surface area contributed by atoms with E-state index in [4.69, 9.17) is 4.74 Å². The van der Waals surface area contributed by atoms with Gasteiger partial charge in [0.25, 0.3) is 0 Å². The molecule has 0 spiro atoms. The van der Waals surface area contributed by atoms with Gasteiger partial charge in [-0.05, 0) is 42.0 Å². The highest BCUT2D eigenvalue weighted by molar-refractivity contribution is 7.91. The molecule has 21 heavy (non-hydrogen) atoms. The highest BCUT2D eigenvalue weighted by Crippen LogP contribution is 2.26. The van der Waals surface area contributed by atoms with Crippen molar-refractivity contribution < 1.29 is 13.2 Å². The fraction of sp³-hybridized carbons (Fsp3) is 0.333. The Kier molecular flexibility index (Phi) is 4.01. The van der Waals surface area contributed by atoms with E-state index in [9.17, 15) is 8.42 Å². The molecule has 112 valence electrons. The maximum atomic E-state index is 12.2. The predicted octanol–water partition coefficient (Wildman–Crippen LogP) is 2.59. The molecular formula is C15H17NO3S2. The van der Waals surface area contributed by atoms with Gasteiger partial charge in [0, 0.05) is 12.5 Å². The second-order valence-electron chi connectivity index (χ2n) is 5.20. The molecule has 0 fully saturated rings. The van der Waals surface area contributed by atoms with Gasteiger partial charge in [0.2, 0.25) is 10.0 Å². The minimum atomic E-state index is -3.40. The van der Waals surface area contributed by atoms with Crippen LogP contribution in [0.1, 0.15) is 18.1 Å². The Morgan fingerprint density at radius 3 is 3.00 bits per heavy atom. The molecule has 1 aromatic heterocycles. The topological polar surface area (TPSA) is 55.4 Å². The molecule has 2 heterocycles. The maximum Gasteiger partial charge on any atom is 0.250 e. The number of nitrogens with one attached hydrogen (secondary N) is 1. The quantitative estimate of drug-likeness (QED) is 0.920. The van der Waals surface area contributed by atoms with Gasteiger partial charge >= 0.3 is 0 Å². The van der Waals surface area contributed by atoms with Crippen LogP contribution < -0.4 is 9.46 Å². The molecule has 4 nitrogen and oxygen atoms in total. The Morgan fingerprint density at radius 2 is 2.24 bits per heavy atom. The number of fused-ring (bicyclic) bond motifs is 1. The largest absolute Gasteiger partial charge is 0.493 e. The Hall–Kier alpha value is -1.37. The van der Waals surface area contributed by atoms with Crippen molar-refractivity contribution in [3.63, 3.8) is 0 Å². The maximum absolute atomic E-state index is 12.2. The average molecular weight is 323 g/mol. The lowest BCUT2D eigenvalue weighted by Gasteiger charge is -2.14. The van der Waals surface area contributed by atoms with E-state index in [1.807, 2.05) is 19.1 Å². The molecule has 3 rings (SSSR count). The summed E-state index contributed by atoms with van der Waals surface area (Å²) in [6.07, 6.45) is 1.59. The average Bonchev–Trinajstić information content (AvgIpc) is 3.09. The third-order valence-electron chi connectivity index (χ3n) is 3.41. The number of rotatable bonds is 5. The van der Waals surface area contributed by atoms with E-state index in [-0.39, 0.29) is 6.04 Å². The lowest BCUT2D eigenvalue weighted by atomic mass is 10.0. The first-order valence-corrected chi connectivity index (χ1v) is 9.21. The number of hydrogen-bond donors (Lipinski definition) is 1. The fourth-order valence-electron chi connectivity index (χ4n) is 2.50. The first-order chi connectivity index (χ1) is 10.0. The summed E-state index contributed by atoms with van der Waals surface area (Å²) >= 11 is 1.23. The van der Waals surface area contributed by atoms with Crippen LogP contribution >= 0.6 is 11.3 Å². The number of thiophene rings is 1. The van der Waals surface area contributed by atoms with Gasteiger partial charge < -0.3 is 4.74 Å². The molecule has 1 unspecified atom stereocenters. The van der Waals surface area contributed by atoms with Gasteiger partial charge in [-0.2, -0.15) is 0 Å².